The van der Waals surface area contributed by atoms with E-state index in [1.54, 1.807) is 6.20 Å². The Labute approximate surface area is 106 Å². The molecule has 0 atom stereocenters. The van der Waals surface area contributed by atoms with Gasteiger partial charge in [-0.1, -0.05) is 29.8 Å². The first-order chi connectivity index (χ1) is 8.83. The number of hydrogen-bond donors (Lipinski definition) is 1. The van der Waals surface area contributed by atoms with Crippen LogP contribution in [-0.2, 0) is 0 Å². The fourth-order valence-corrected chi connectivity index (χ4v) is 2.00. The molecule has 1 N–H and O–H groups in total. The van der Waals surface area contributed by atoms with Crippen LogP contribution in [0.25, 0.3) is 22.4 Å². The van der Waals surface area contributed by atoms with E-state index in [2.05, 4.69) is 53.3 Å². The van der Waals surface area contributed by atoms with Crippen LogP contribution in [-0.4, -0.2) is 9.97 Å². The van der Waals surface area contributed by atoms with Gasteiger partial charge in [-0.15, -0.1) is 0 Å². The van der Waals surface area contributed by atoms with Crippen LogP contribution in [0.1, 0.15) is 5.56 Å². The van der Waals surface area contributed by atoms with Crippen LogP contribution in [0.5, 0.6) is 0 Å². The number of nitrogens with zero attached hydrogens (tertiary/aromatic N) is 1. The Kier molecular flexibility index (Phi) is 2.69. The molecule has 0 aliphatic carbocycles. The molecule has 0 radical (unpaired) electrons. The predicted octanol–water partition coefficient (Wildman–Crippen LogP) is 4.05. The number of benzene rings is 1. The van der Waals surface area contributed by atoms with E-state index in [9.17, 15) is 0 Å². The van der Waals surface area contributed by atoms with E-state index >= 15 is 0 Å². The van der Waals surface area contributed by atoms with Gasteiger partial charge in [0.25, 0.3) is 0 Å². The summed E-state index contributed by atoms with van der Waals surface area (Å²) in [7, 11) is 0. The van der Waals surface area contributed by atoms with Crippen molar-refractivity contribution < 1.29 is 0 Å². The van der Waals surface area contributed by atoms with Crippen LogP contribution < -0.4 is 0 Å². The average Bonchev–Trinajstić information content (AvgIpc) is 2.90. The van der Waals surface area contributed by atoms with Gasteiger partial charge in [0, 0.05) is 29.8 Å². The third-order valence-corrected chi connectivity index (χ3v) is 3.04. The van der Waals surface area contributed by atoms with Gasteiger partial charge in [-0.25, -0.2) is 0 Å². The molecule has 3 rings (SSSR count). The molecule has 1 aromatic carbocycles. The summed E-state index contributed by atoms with van der Waals surface area (Å²) >= 11 is 0. The highest BCUT2D eigenvalue weighted by atomic mass is 14.7. The molecule has 0 amide bonds. The Bertz CT molecular complexity index is 636. The molecule has 0 aliphatic rings. The first-order valence-electron chi connectivity index (χ1n) is 5.99. The maximum absolute atomic E-state index is 4.13. The SMILES string of the molecule is Cc1ccc(-c2c[nH]c(-c3cccnc3)c2)cc1. The second-order valence-electron chi connectivity index (χ2n) is 4.41. The van der Waals surface area contributed by atoms with Crippen LogP contribution >= 0.6 is 0 Å². The van der Waals surface area contributed by atoms with Gasteiger partial charge in [-0.2, -0.15) is 0 Å². The first kappa shape index (κ1) is 10.8. The molecule has 0 spiro atoms. The molecule has 0 saturated carbocycles. The van der Waals surface area contributed by atoms with Gasteiger partial charge in [0.1, 0.15) is 0 Å². The molecule has 2 aromatic heterocycles. The zero-order valence-electron chi connectivity index (χ0n) is 10.2. The summed E-state index contributed by atoms with van der Waals surface area (Å²) in [4.78, 5) is 7.43. The lowest BCUT2D eigenvalue weighted by Gasteiger charge is -1.98. The smallest absolute Gasteiger partial charge is 0.0475 e. The standard InChI is InChI=1S/C16H14N2/c1-12-4-6-13(7-5-12)15-9-16(18-11-15)14-3-2-8-17-10-14/h2-11,18H,1H3. The quantitative estimate of drug-likeness (QED) is 0.712. The summed E-state index contributed by atoms with van der Waals surface area (Å²) in [6, 6.07) is 14.7. The van der Waals surface area contributed by atoms with Crippen LogP contribution in [0.15, 0.2) is 61.1 Å². The number of aromatic nitrogens is 2. The molecule has 0 fully saturated rings. The van der Waals surface area contributed by atoms with Crippen molar-refractivity contribution in [3.63, 3.8) is 0 Å². The lowest BCUT2D eigenvalue weighted by atomic mass is 10.1. The van der Waals surface area contributed by atoms with Crippen molar-refractivity contribution in [3.05, 3.63) is 66.6 Å². The third kappa shape index (κ3) is 2.05. The Morgan fingerprint density at radius 3 is 2.50 bits per heavy atom. The Morgan fingerprint density at radius 1 is 0.944 bits per heavy atom. The van der Waals surface area contributed by atoms with Crippen LogP contribution in [0.4, 0.5) is 0 Å². The number of nitrogens with one attached hydrogen (secondary N) is 1. The minimum atomic E-state index is 1.10. The molecule has 0 saturated heterocycles. The monoisotopic (exact) mass is 234 g/mol. The van der Waals surface area contributed by atoms with Crippen molar-refractivity contribution in [1.82, 2.24) is 9.97 Å². The molecule has 0 bridgehead atoms. The van der Waals surface area contributed by atoms with E-state index in [1.807, 2.05) is 18.5 Å². The zero-order chi connectivity index (χ0) is 12.4. The maximum Gasteiger partial charge on any atom is 0.0475 e. The van der Waals surface area contributed by atoms with Gasteiger partial charge in [0.05, 0.1) is 0 Å². The van der Waals surface area contributed by atoms with Crippen molar-refractivity contribution in [3.8, 4) is 22.4 Å². The van der Waals surface area contributed by atoms with Gasteiger partial charge < -0.3 is 4.98 Å². The van der Waals surface area contributed by atoms with Gasteiger partial charge in [0.15, 0.2) is 0 Å². The number of H-pyrrole nitrogens is 1. The highest BCUT2D eigenvalue weighted by molar-refractivity contribution is 5.71. The van der Waals surface area contributed by atoms with E-state index in [0.717, 1.165) is 11.3 Å². The van der Waals surface area contributed by atoms with Crippen molar-refractivity contribution in [1.29, 1.82) is 0 Å². The average molecular weight is 234 g/mol. The van der Waals surface area contributed by atoms with E-state index in [4.69, 9.17) is 0 Å². The first-order valence-corrected chi connectivity index (χ1v) is 5.99. The largest absolute Gasteiger partial charge is 0.361 e. The molecular weight excluding hydrogens is 220 g/mol. The minimum Gasteiger partial charge on any atom is -0.361 e. The molecule has 18 heavy (non-hydrogen) atoms. The summed E-state index contributed by atoms with van der Waals surface area (Å²) in [6.45, 7) is 2.10. The summed E-state index contributed by atoms with van der Waals surface area (Å²) in [5.41, 5.74) is 5.91. The number of aromatic amines is 1. The topological polar surface area (TPSA) is 28.7 Å². The number of rotatable bonds is 2. The molecule has 0 aliphatic heterocycles. The lowest BCUT2D eigenvalue weighted by Crippen LogP contribution is -1.77. The summed E-state index contributed by atoms with van der Waals surface area (Å²) in [5.74, 6) is 0. The van der Waals surface area contributed by atoms with Crippen molar-refractivity contribution in [2.75, 3.05) is 0 Å². The lowest BCUT2D eigenvalue weighted by molar-refractivity contribution is 1.31. The van der Waals surface area contributed by atoms with Crippen molar-refractivity contribution in [2.45, 2.75) is 6.92 Å². The zero-order valence-corrected chi connectivity index (χ0v) is 10.2. The van der Waals surface area contributed by atoms with E-state index in [-0.39, 0.29) is 0 Å². The highest BCUT2D eigenvalue weighted by Crippen LogP contribution is 2.25. The molecule has 3 aromatic rings. The highest BCUT2D eigenvalue weighted by Gasteiger charge is 2.03. The Hall–Kier alpha value is -2.35. The fourth-order valence-electron chi connectivity index (χ4n) is 2.00. The van der Waals surface area contributed by atoms with Gasteiger partial charge in [-0.05, 0) is 36.2 Å². The van der Waals surface area contributed by atoms with Crippen molar-refractivity contribution in [2.24, 2.45) is 0 Å². The van der Waals surface area contributed by atoms with Gasteiger partial charge in [-0.3, -0.25) is 4.98 Å². The van der Waals surface area contributed by atoms with Crippen LogP contribution in [0.2, 0.25) is 0 Å². The second-order valence-corrected chi connectivity index (χ2v) is 4.41. The molecular formula is C16H14N2. The van der Waals surface area contributed by atoms with E-state index in [0.29, 0.717) is 0 Å². The predicted molar refractivity (Wildman–Crippen MR) is 74.2 cm³/mol. The number of hydrogen-bond acceptors (Lipinski definition) is 1. The molecule has 2 heterocycles. The van der Waals surface area contributed by atoms with Crippen molar-refractivity contribution >= 4 is 0 Å². The van der Waals surface area contributed by atoms with E-state index in [1.165, 1.54) is 16.7 Å². The van der Waals surface area contributed by atoms with Crippen LogP contribution in [0.3, 0.4) is 0 Å². The number of aryl methyl sites for hydroxylation is 1. The normalized spacial score (nSPS) is 10.5. The molecule has 88 valence electrons. The van der Waals surface area contributed by atoms with Gasteiger partial charge >= 0.3 is 0 Å². The summed E-state index contributed by atoms with van der Waals surface area (Å²) in [5, 5.41) is 0. The molecule has 0 unspecified atom stereocenters. The van der Waals surface area contributed by atoms with Crippen LogP contribution in [0, 0.1) is 6.92 Å². The Morgan fingerprint density at radius 2 is 1.78 bits per heavy atom. The second kappa shape index (κ2) is 4.49. The fraction of sp³-hybridized carbons (Fsp3) is 0.0625. The van der Waals surface area contributed by atoms with Gasteiger partial charge in [0.2, 0.25) is 0 Å². The summed E-state index contributed by atoms with van der Waals surface area (Å²) in [6.07, 6.45) is 5.69. The Balaban J connectivity index is 1.97. The maximum atomic E-state index is 4.13. The molecule has 2 nitrogen and oxygen atoms in total. The molecule has 2 heteroatoms. The minimum absolute atomic E-state index is 1.10. The van der Waals surface area contributed by atoms with E-state index < -0.39 is 0 Å². The summed E-state index contributed by atoms with van der Waals surface area (Å²) < 4.78 is 0. The number of pyridine rings is 1. The third-order valence-electron chi connectivity index (χ3n) is 3.04.